The van der Waals surface area contributed by atoms with Crippen molar-refractivity contribution in [2.24, 2.45) is 0 Å². The quantitative estimate of drug-likeness (QED) is 0.673. The molecule has 0 radical (unpaired) electrons. The fourth-order valence-electron chi connectivity index (χ4n) is 1.79. The number of amides is 3. The van der Waals surface area contributed by atoms with Crippen molar-refractivity contribution in [1.29, 1.82) is 0 Å². The summed E-state index contributed by atoms with van der Waals surface area (Å²) in [6.07, 6.45) is 1.46. The van der Waals surface area contributed by atoms with E-state index in [1.165, 1.54) is 12.3 Å². The predicted octanol–water partition coefficient (Wildman–Crippen LogP) is 0.806. The average molecular weight is 342 g/mol. The summed E-state index contributed by atoms with van der Waals surface area (Å²) in [5, 5.41) is 2.64. The number of carbonyl (C=O) groups excluding carboxylic acids is 3. The zero-order valence-corrected chi connectivity index (χ0v) is 13.6. The number of hydrogen-bond donors (Lipinski definition) is 3. The van der Waals surface area contributed by atoms with Crippen molar-refractivity contribution in [2.45, 2.75) is 6.92 Å². The Bertz CT molecular complexity index is 732. The molecule has 0 saturated heterocycles. The Hall–Kier alpha value is -3.26. The number of aryl methyl sites for hydroxylation is 1. The minimum absolute atomic E-state index is 0.168. The lowest BCUT2D eigenvalue weighted by molar-refractivity contribution is -0.129. The number of ether oxygens (including phenoxy) is 1. The van der Waals surface area contributed by atoms with Gasteiger partial charge in [0.05, 0.1) is 0 Å². The highest BCUT2D eigenvalue weighted by Crippen LogP contribution is 2.08. The van der Waals surface area contributed by atoms with Gasteiger partial charge >= 0.3 is 0 Å². The van der Waals surface area contributed by atoms with Crippen LogP contribution in [0, 0.1) is 6.92 Å². The molecule has 0 aliphatic heterocycles. The molecule has 0 bridgehead atoms. The van der Waals surface area contributed by atoms with E-state index in [2.05, 4.69) is 21.2 Å². The zero-order chi connectivity index (χ0) is 18.1. The fraction of sp³-hybridized carbons (Fsp3) is 0.176. The lowest BCUT2D eigenvalue weighted by atomic mass is 10.2. The Morgan fingerprint density at radius 2 is 1.68 bits per heavy atom. The summed E-state index contributed by atoms with van der Waals surface area (Å²) in [7, 11) is 0. The van der Waals surface area contributed by atoms with Crippen molar-refractivity contribution in [3.63, 3.8) is 0 Å². The first-order valence-corrected chi connectivity index (χ1v) is 7.49. The van der Waals surface area contributed by atoms with Crippen LogP contribution < -0.4 is 16.2 Å². The Kier molecular flexibility index (Phi) is 6.61. The molecule has 8 nitrogen and oxygen atoms in total. The molecule has 1 aromatic carbocycles. The van der Waals surface area contributed by atoms with Crippen LogP contribution in [-0.4, -0.2) is 35.9 Å². The van der Waals surface area contributed by atoms with Crippen LogP contribution in [0.25, 0.3) is 0 Å². The second-order valence-electron chi connectivity index (χ2n) is 5.12. The van der Waals surface area contributed by atoms with E-state index < -0.39 is 11.8 Å². The van der Waals surface area contributed by atoms with Gasteiger partial charge in [-0.3, -0.25) is 30.2 Å². The second kappa shape index (κ2) is 9.14. The molecule has 8 heteroatoms. The maximum atomic E-state index is 11.7. The smallest absolute Gasteiger partial charge is 0.288 e. The zero-order valence-electron chi connectivity index (χ0n) is 13.6. The van der Waals surface area contributed by atoms with Gasteiger partial charge in [0.2, 0.25) is 5.91 Å². The first-order valence-electron chi connectivity index (χ1n) is 7.49. The van der Waals surface area contributed by atoms with Crippen molar-refractivity contribution in [3.8, 4) is 0 Å². The van der Waals surface area contributed by atoms with E-state index in [4.69, 9.17) is 4.74 Å². The molecule has 1 aromatic heterocycles. The van der Waals surface area contributed by atoms with Crippen molar-refractivity contribution >= 4 is 23.4 Å². The third-order valence-electron chi connectivity index (χ3n) is 3.01. The van der Waals surface area contributed by atoms with Crippen LogP contribution >= 0.6 is 0 Å². The Labute approximate surface area is 144 Å². The summed E-state index contributed by atoms with van der Waals surface area (Å²) in [5.74, 6) is -1.52. The molecule has 0 atom stereocenters. The van der Waals surface area contributed by atoms with Crippen LogP contribution in [0.5, 0.6) is 0 Å². The first-order chi connectivity index (χ1) is 12.0. The SMILES string of the molecule is Cc1ccc(NC(=O)COCC(=O)NNC(=O)c2ccccn2)cc1. The Morgan fingerprint density at radius 1 is 0.960 bits per heavy atom. The first kappa shape index (κ1) is 18.1. The summed E-state index contributed by atoms with van der Waals surface area (Å²) in [5.41, 5.74) is 6.27. The molecular formula is C17H18N4O4. The number of anilines is 1. The Morgan fingerprint density at radius 3 is 2.36 bits per heavy atom. The normalized spacial score (nSPS) is 9.96. The van der Waals surface area contributed by atoms with E-state index in [0.29, 0.717) is 5.69 Å². The van der Waals surface area contributed by atoms with Crippen molar-refractivity contribution in [1.82, 2.24) is 15.8 Å². The number of nitrogens with one attached hydrogen (secondary N) is 3. The van der Waals surface area contributed by atoms with E-state index >= 15 is 0 Å². The van der Waals surface area contributed by atoms with Crippen LogP contribution in [0.3, 0.4) is 0 Å². The van der Waals surface area contributed by atoms with E-state index in [0.717, 1.165) is 5.56 Å². The Balaban J connectivity index is 1.64. The molecular weight excluding hydrogens is 324 g/mol. The van der Waals surface area contributed by atoms with Crippen LogP contribution in [0.1, 0.15) is 16.1 Å². The molecule has 25 heavy (non-hydrogen) atoms. The standard InChI is InChI=1S/C17H18N4O4/c1-12-5-7-13(8-6-12)19-15(22)10-25-11-16(23)20-21-17(24)14-4-2-3-9-18-14/h2-9H,10-11H2,1H3,(H,19,22)(H,20,23)(H,21,24). The maximum Gasteiger partial charge on any atom is 0.288 e. The minimum atomic E-state index is -0.590. The second-order valence-corrected chi connectivity index (χ2v) is 5.12. The largest absolute Gasteiger partial charge is 0.362 e. The van der Waals surface area contributed by atoms with Crippen LogP contribution in [0.2, 0.25) is 0 Å². The third-order valence-corrected chi connectivity index (χ3v) is 3.01. The molecule has 3 N–H and O–H groups in total. The molecule has 0 spiro atoms. The lowest BCUT2D eigenvalue weighted by Crippen LogP contribution is -2.43. The number of pyridine rings is 1. The molecule has 0 unspecified atom stereocenters. The number of nitrogens with zero attached hydrogens (tertiary/aromatic N) is 1. The summed E-state index contributed by atoms with van der Waals surface area (Å²) >= 11 is 0. The van der Waals surface area contributed by atoms with Gasteiger partial charge in [0.25, 0.3) is 11.8 Å². The van der Waals surface area contributed by atoms with Crippen molar-refractivity contribution in [3.05, 3.63) is 59.9 Å². The van der Waals surface area contributed by atoms with Gasteiger partial charge in [0.1, 0.15) is 18.9 Å². The molecule has 2 rings (SSSR count). The van der Waals surface area contributed by atoms with E-state index in [9.17, 15) is 14.4 Å². The van der Waals surface area contributed by atoms with Crippen molar-refractivity contribution in [2.75, 3.05) is 18.5 Å². The minimum Gasteiger partial charge on any atom is -0.362 e. The maximum absolute atomic E-state index is 11.7. The molecule has 3 amide bonds. The highest BCUT2D eigenvalue weighted by molar-refractivity contribution is 5.94. The number of benzene rings is 1. The molecule has 130 valence electrons. The van der Waals surface area contributed by atoms with Gasteiger partial charge in [-0.05, 0) is 31.2 Å². The molecule has 0 fully saturated rings. The van der Waals surface area contributed by atoms with E-state index in [-0.39, 0.29) is 24.8 Å². The van der Waals surface area contributed by atoms with Crippen LogP contribution in [0.4, 0.5) is 5.69 Å². The van der Waals surface area contributed by atoms with Crippen LogP contribution in [-0.2, 0) is 14.3 Å². The summed E-state index contributed by atoms with van der Waals surface area (Å²) in [6, 6.07) is 12.1. The lowest BCUT2D eigenvalue weighted by Gasteiger charge is -2.08. The molecule has 0 saturated carbocycles. The van der Waals surface area contributed by atoms with Gasteiger partial charge in [-0.1, -0.05) is 23.8 Å². The topological polar surface area (TPSA) is 109 Å². The van der Waals surface area contributed by atoms with Crippen LogP contribution in [0.15, 0.2) is 48.7 Å². The fourth-order valence-corrected chi connectivity index (χ4v) is 1.79. The molecule has 2 aromatic rings. The van der Waals surface area contributed by atoms with Gasteiger partial charge in [0.15, 0.2) is 0 Å². The monoisotopic (exact) mass is 342 g/mol. The molecule has 1 heterocycles. The van der Waals surface area contributed by atoms with Gasteiger partial charge in [-0.2, -0.15) is 0 Å². The highest BCUT2D eigenvalue weighted by Gasteiger charge is 2.09. The summed E-state index contributed by atoms with van der Waals surface area (Å²) < 4.78 is 5.00. The van der Waals surface area contributed by atoms with Gasteiger partial charge in [-0.15, -0.1) is 0 Å². The number of carbonyl (C=O) groups is 3. The number of aromatic nitrogens is 1. The predicted molar refractivity (Wildman–Crippen MR) is 90.5 cm³/mol. The van der Waals surface area contributed by atoms with E-state index in [1.54, 1.807) is 24.3 Å². The molecule has 0 aliphatic carbocycles. The highest BCUT2D eigenvalue weighted by atomic mass is 16.5. The van der Waals surface area contributed by atoms with E-state index in [1.807, 2.05) is 19.1 Å². The summed E-state index contributed by atoms with van der Waals surface area (Å²) in [4.78, 5) is 38.7. The number of rotatable bonds is 6. The molecule has 0 aliphatic rings. The van der Waals surface area contributed by atoms with Gasteiger partial charge in [0, 0.05) is 11.9 Å². The third kappa shape index (κ3) is 6.40. The van der Waals surface area contributed by atoms with Crippen molar-refractivity contribution < 1.29 is 19.1 Å². The number of hydrogen-bond acceptors (Lipinski definition) is 5. The van der Waals surface area contributed by atoms with Gasteiger partial charge < -0.3 is 10.1 Å². The number of hydrazine groups is 1. The average Bonchev–Trinajstić information content (AvgIpc) is 2.62. The van der Waals surface area contributed by atoms with Gasteiger partial charge in [-0.25, -0.2) is 0 Å². The summed E-state index contributed by atoms with van der Waals surface area (Å²) in [6.45, 7) is 1.29.